The molecule has 2 heterocycles. The van der Waals surface area contributed by atoms with Crippen molar-refractivity contribution in [3.63, 3.8) is 0 Å². The van der Waals surface area contributed by atoms with Crippen molar-refractivity contribution in [1.82, 2.24) is 14.9 Å². The second kappa shape index (κ2) is 7.48. The molecular formula is C18H23N5O2. The minimum Gasteiger partial charge on any atom is -0.367 e. The molecule has 7 nitrogen and oxygen atoms in total. The van der Waals surface area contributed by atoms with E-state index in [2.05, 4.69) is 15.3 Å². The lowest BCUT2D eigenvalue weighted by Gasteiger charge is -2.36. The predicted molar refractivity (Wildman–Crippen MR) is 96.7 cm³/mol. The van der Waals surface area contributed by atoms with Crippen molar-refractivity contribution in [2.45, 2.75) is 19.1 Å². The maximum absolute atomic E-state index is 12.7. The topological polar surface area (TPSA) is 70.6 Å². The molecule has 1 aliphatic heterocycles. The monoisotopic (exact) mass is 341 g/mol. The van der Waals surface area contributed by atoms with Gasteiger partial charge >= 0.3 is 6.03 Å². The average Bonchev–Trinajstić information content (AvgIpc) is 2.62. The molecule has 2 aromatic rings. The number of anilines is 2. The molecule has 1 N–H and O–H groups in total. The maximum Gasteiger partial charge on any atom is 0.323 e. The average molecular weight is 341 g/mol. The zero-order chi connectivity index (χ0) is 17.8. The summed E-state index contributed by atoms with van der Waals surface area (Å²) in [7, 11) is 3.71. The van der Waals surface area contributed by atoms with Crippen LogP contribution in [0.25, 0.3) is 0 Å². The number of amides is 2. The standard InChI is InChI=1S/C18H23N5O2/c1-13-11-23(12-15(25-13)14-7-5-4-6-8-14)18(24)21-16-9-10-19-17(20-16)22(2)3/h4-10,13,15H,11-12H2,1-3H3,(H,19,20,21,24)/t13-,15+/m0/s1. The number of nitrogens with one attached hydrogen (secondary N) is 1. The SMILES string of the molecule is C[C@H]1CN(C(=O)Nc2ccnc(N(C)C)n2)C[C@H](c2ccccc2)O1. The Labute approximate surface area is 147 Å². The van der Waals surface area contributed by atoms with Crippen LogP contribution < -0.4 is 10.2 Å². The van der Waals surface area contributed by atoms with Gasteiger partial charge in [0.05, 0.1) is 12.6 Å². The largest absolute Gasteiger partial charge is 0.367 e. The highest BCUT2D eigenvalue weighted by molar-refractivity contribution is 5.88. The Bertz CT molecular complexity index is 722. The molecule has 132 valence electrons. The molecule has 25 heavy (non-hydrogen) atoms. The second-order valence-corrected chi connectivity index (χ2v) is 6.32. The summed E-state index contributed by atoms with van der Waals surface area (Å²) in [6.45, 7) is 3.02. The lowest BCUT2D eigenvalue weighted by atomic mass is 10.1. The first kappa shape index (κ1) is 17.2. The van der Waals surface area contributed by atoms with Gasteiger partial charge in [-0.05, 0) is 18.6 Å². The van der Waals surface area contributed by atoms with Crippen molar-refractivity contribution in [2.24, 2.45) is 0 Å². The predicted octanol–water partition coefficient (Wildman–Crippen LogP) is 2.54. The van der Waals surface area contributed by atoms with Gasteiger partial charge in [0.1, 0.15) is 11.9 Å². The smallest absolute Gasteiger partial charge is 0.323 e. The zero-order valence-corrected chi connectivity index (χ0v) is 14.7. The number of urea groups is 1. The fraction of sp³-hybridized carbons (Fsp3) is 0.389. The molecule has 0 spiro atoms. The van der Waals surface area contributed by atoms with Crippen LogP contribution in [-0.2, 0) is 4.74 Å². The molecule has 1 fully saturated rings. The summed E-state index contributed by atoms with van der Waals surface area (Å²) >= 11 is 0. The minimum atomic E-state index is -0.181. The second-order valence-electron chi connectivity index (χ2n) is 6.32. The molecule has 0 unspecified atom stereocenters. The van der Waals surface area contributed by atoms with Gasteiger partial charge in [0.2, 0.25) is 5.95 Å². The third kappa shape index (κ3) is 4.24. The van der Waals surface area contributed by atoms with Crippen LogP contribution in [0.4, 0.5) is 16.6 Å². The highest BCUT2D eigenvalue weighted by atomic mass is 16.5. The number of aromatic nitrogens is 2. The number of ether oxygens (including phenoxy) is 1. The molecular weight excluding hydrogens is 318 g/mol. The van der Waals surface area contributed by atoms with E-state index in [-0.39, 0.29) is 18.2 Å². The lowest BCUT2D eigenvalue weighted by molar-refractivity contribution is -0.0642. The number of morpholine rings is 1. The van der Waals surface area contributed by atoms with Crippen LogP contribution >= 0.6 is 0 Å². The Balaban J connectivity index is 1.70. The lowest BCUT2D eigenvalue weighted by Crippen LogP contribution is -2.47. The van der Waals surface area contributed by atoms with Crippen molar-refractivity contribution in [2.75, 3.05) is 37.4 Å². The summed E-state index contributed by atoms with van der Waals surface area (Å²) < 4.78 is 6.00. The molecule has 0 saturated carbocycles. The highest BCUT2D eigenvalue weighted by Crippen LogP contribution is 2.25. The van der Waals surface area contributed by atoms with E-state index in [1.54, 1.807) is 22.1 Å². The summed E-state index contributed by atoms with van der Waals surface area (Å²) in [5.41, 5.74) is 1.07. The normalized spacial score (nSPS) is 20.2. The van der Waals surface area contributed by atoms with Gasteiger partial charge in [0, 0.05) is 26.8 Å². The molecule has 0 bridgehead atoms. The molecule has 7 heteroatoms. The minimum absolute atomic E-state index is 0.0348. The Morgan fingerprint density at radius 3 is 2.72 bits per heavy atom. The van der Waals surface area contributed by atoms with Gasteiger partial charge in [-0.15, -0.1) is 0 Å². The van der Waals surface area contributed by atoms with E-state index < -0.39 is 0 Å². The van der Waals surface area contributed by atoms with Gasteiger partial charge in [0.25, 0.3) is 0 Å². The molecule has 0 aliphatic carbocycles. The Hall–Kier alpha value is -2.67. The number of nitrogens with zero attached hydrogens (tertiary/aromatic N) is 4. The summed E-state index contributed by atoms with van der Waals surface area (Å²) in [5, 5.41) is 2.85. The highest BCUT2D eigenvalue weighted by Gasteiger charge is 2.29. The van der Waals surface area contributed by atoms with Crippen LogP contribution in [0.2, 0.25) is 0 Å². The number of rotatable bonds is 3. The summed E-state index contributed by atoms with van der Waals surface area (Å²) in [6.07, 6.45) is 1.47. The van der Waals surface area contributed by atoms with Crippen molar-refractivity contribution >= 4 is 17.8 Å². The zero-order valence-electron chi connectivity index (χ0n) is 14.7. The van der Waals surface area contributed by atoms with Gasteiger partial charge in [0.15, 0.2) is 0 Å². The number of benzene rings is 1. The van der Waals surface area contributed by atoms with Gasteiger partial charge in [-0.25, -0.2) is 9.78 Å². The molecule has 1 aliphatic rings. The van der Waals surface area contributed by atoms with E-state index in [0.29, 0.717) is 24.9 Å². The van der Waals surface area contributed by atoms with Crippen LogP contribution in [0.3, 0.4) is 0 Å². The summed E-state index contributed by atoms with van der Waals surface area (Å²) in [6, 6.07) is 11.5. The van der Waals surface area contributed by atoms with Crippen LogP contribution in [0, 0.1) is 0 Å². The van der Waals surface area contributed by atoms with E-state index in [1.807, 2.05) is 51.4 Å². The number of hydrogen-bond donors (Lipinski definition) is 1. The molecule has 2 atom stereocenters. The molecule has 1 aromatic heterocycles. The molecule has 1 saturated heterocycles. The first-order chi connectivity index (χ1) is 12.0. The van der Waals surface area contributed by atoms with E-state index in [4.69, 9.17) is 4.74 Å². The summed E-state index contributed by atoms with van der Waals surface area (Å²) in [5.74, 6) is 1.04. The summed E-state index contributed by atoms with van der Waals surface area (Å²) in [4.78, 5) is 24.7. The van der Waals surface area contributed by atoms with Gasteiger partial charge in [-0.1, -0.05) is 30.3 Å². The first-order valence-electron chi connectivity index (χ1n) is 8.29. The fourth-order valence-electron chi connectivity index (χ4n) is 2.79. The van der Waals surface area contributed by atoms with E-state index in [9.17, 15) is 4.79 Å². The fourth-order valence-corrected chi connectivity index (χ4v) is 2.79. The quantitative estimate of drug-likeness (QED) is 0.929. The van der Waals surface area contributed by atoms with Crippen LogP contribution in [0.5, 0.6) is 0 Å². The van der Waals surface area contributed by atoms with Gasteiger partial charge in [-0.3, -0.25) is 5.32 Å². The van der Waals surface area contributed by atoms with Gasteiger partial charge < -0.3 is 14.5 Å². The van der Waals surface area contributed by atoms with Crippen molar-refractivity contribution in [1.29, 1.82) is 0 Å². The third-order valence-electron chi connectivity index (χ3n) is 4.00. The number of hydrogen-bond acceptors (Lipinski definition) is 5. The van der Waals surface area contributed by atoms with Crippen molar-refractivity contribution in [3.05, 3.63) is 48.2 Å². The van der Waals surface area contributed by atoms with E-state index in [0.717, 1.165) is 5.56 Å². The third-order valence-corrected chi connectivity index (χ3v) is 4.00. The number of carbonyl (C=O) groups is 1. The maximum atomic E-state index is 12.7. The van der Waals surface area contributed by atoms with E-state index in [1.165, 1.54) is 0 Å². The number of carbonyl (C=O) groups excluding carboxylic acids is 1. The first-order valence-corrected chi connectivity index (χ1v) is 8.29. The van der Waals surface area contributed by atoms with E-state index >= 15 is 0 Å². The molecule has 1 aromatic carbocycles. The Morgan fingerprint density at radius 1 is 1.24 bits per heavy atom. The van der Waals surface area contributed by atoms with Crippen molar-refractivity contribution < 1.29 is 9.53 Å². The van der Waals surface area contributed by atoms with Crippen LogP contribution in [0.15, 0.2) is 42.6 Å². The molecule has 0 radical (unpaired) electrons. The molecule has 3 rings (SSSR count). The Kier molecular flexibility index (Phi) is 5.14. The van der Waals surface area contributed by atoms with Crippen LogP contribution in [-0.4, -0.2) is 54.2 Å². The molecule has 2 amide bonds. The van der Waals surface area contributed by atoms with Crippen molar-refractivity contribution in [3.8, 4) is 0 Å². The van der Waals surface area contributed by atoms with Gasteiger partial charge in [-0.2, -0.15) is 4.98 Å². The Morgan fingerprint density at radius 2 is 2.00 bits per heavy atom. The van der Waals surface area contributed by atoms with Crippen LogP contribution in [0.1, 0.15) is 18.6 Å².